The van der Waals surface area contributed by atoms with Gasteiger partial charge in [-0.2, -0.15) is 0 Å². The molecule has 0 unspecified atom stereocenters. The lowest BCUT2D eigenvalue weighted by molar-refractivity contribution is 0.603. The van der Waals surface area contributed by atoms with Crippen molar-refractivity contribution in [2.75, 3.05) is 0 Å². The second kappa shape index (κ2) is 5.19. The van der Waals surface area contributed by atoms with E-state index in [1.807, 2.05) is 36.5 Å². The third kappa shape index (κ3) is 2.98. The van der Waals surface area contributed by atoms with Gasteiger partial charge >= 0.3 is 0 Å². The first-order valence-corrected chi connectivity index (χ1v) is 6.00. The van der Waals surface area contributed by atoms with Crippen molar-refractivity contribution < 1.29 is 0 Å². The largest absolute Gasteiger partial charge is 0.351 e. The van der Waals surface area contributed by atoms with Gasteiger partial charge < -0.3 is 4.57 Å². The maximum Gasteiger partial charge on any atom is 0.0816 e. The molecule has 0 aliphatic rings. The van der Waals surface area contributed by atoms with Crippen molar-refractivity contribution >= 4 is 23.5 Å². The molecule has 0 N–H and O–H groups in total. The van der Waals surface area contributed by atoms with E-state index in [1.165, 1.54) is 0 Å². The van der Waals surface area contributed by atoms with Crippen molar-refractivity contribution in [3.05, 3.63) is 53.3 Å². The Kier molecular flexibility index (Phi) is 3.64. The lowest BCUT2D eigenvalue weighted by Crippen LogP contribution is -1.95. The van der Waals surface area contributed by atoms with Crippen LogP contribution in [0.1, 0.15) is 25.5 Å². The summed E-state index contributed by atoms with van der Waals surface area (Å²) in [5.41, 5.74) is 1.88. The van der Waals surface area contributed by atoms with E-state index in [4.69, 9.17) is 11.6 Å². The molecule has 1 aromatic carbocycles. The summed E-state index contributed by atoms with van der Waals surface area (Å²) >= 11 is 6.03. The van der Waals surface area contributed by atoms with Crippen LogP contribution in [0.3, 0.4) is 0 Å². The molecule has 0 spiro atoms. The molecule has 0 aliphatic heterocycles. The third-order valence-electron chi connectivity index (χ3n) is 2.54. The van der Waals surface area contributed by atoms with Crippen LogP contribution in [0.5, 0.6) is 0 Å². The molecule has 0 atom stereocenters. The van der Waals surface area contributed by atoms with E-state index in [0.29, 0.717) is 11.1 Å². The molecule has 0 saturated carbocycles. The molecule has 2 nitrogen and oxygen atoms in total. The van der Waals surface area contributed by atoms with E-state index in [2.05, 4.69) is 35.8 Å². The van der Waals surface area contributed by atoms with Crippen LogP contribution in [0.2, 0.25) is 5.02 Å². The van der Waals surface area contributed by atoms with Crippen LogP contribution >= 0.6 is 11.6 Å². The average Bonchev–Trinajstić information content (AvgIpc) is 2.77. The van der Waals surface area contributed by atoms with E-state index < -0.39 is 0 Å². The summed E-state index contributed by atoms with van der Waals surface area (Å²) in [7, 11) is 0. The van der Waals surface area contributed by atoms with Crippen molar-refractivity contribution in [1.82, 2.24) is 4.57 Å². The highest BCUT2D eigenvalue weighted by Gasteiger charge is 1.98. The summed E-state index contributed by atoms with van der Waals surface area (Å²) in [6, 6.07) is 10.1. The van der Waals surface area contributed by atoms with Crippen LogP contribution in [0.25, 0.3) is 0 Å². The zero-order valence-electron chi connectivity index (χ0n) is 9.97. The summed E-state index contributed by atoms with van der Waals surface area (Å²) in [6.45, 7) is 4.30. The predicted molar refractivity (Wildman–Crippen MR) is 73.5 cm³/mol. The van der Waals surface area contributed by atoms with Gasteiger partial charge in [0.25, 0.3) is 0 Å². The first-order chi connectivity index (χ1) is 8.16. The molecule has 2 rings (SSSR count). The Balaban J connectivity index is 2.18. The van der Waals surface area contributed by atoms with E-state index in [-0.39, 0.29) is 0 Å². The normalized spacial score (nSPS) is 11.5. The van der Waals surface area contributed by atoms with E-state index in [0.717, 1.165) is 11.3 Å². The number of aliphatic imine (C=N–C) groups is 1. The van der Waals surface area contributed by atoms with Crippen LogP contribution in [0, 0.1) is 0 Å². The summed E-state index contributed by atoms with van der Waals surface area (Å²) in [4.78, 5) is 4.38. The van der Waals surface area contributed by atoms with Crippen LogP contribution in [-0.4, -0.2) is 10.8 Å². The number of hydrogen-bond donors (Lipinski definition) is 0. The molecule has 1 aromatic heterocycles. The quantitative estimate of drug-likeness (QED) is 0.711. The number of aromatic nitrogens is 1. The minimum Gasteiger partial charge on any atom is -0.351 e. The maximum absolute atomic E-state index is 6.03. The molecular weight excluding hydrogens is 232 g/mol. The predicted octanol–water partition coefficient (Wildman–Crippen LogP) is 4.47. The Labute approximate surface area is 107 Å². The third-order valence-corrected chi connectivity index (χ3v) is 2.86. The number of hydrogen-bond acceptors (Lipinski definition) is 1. The monoisotopic (exact) mass is 246 g/mol. The van der Waals surface area contributed by atoms with Crippen LogP contribution < -0.4 is 0 Å². The number of halogens is 1. The second-order valence-corrected chi connectivity index (χ2v) is 4.60. The number of para-hydroxylation sites is 1. The SMILES string of the molecule is CC(C)n1ccc(C=Nc2ccccc2Cl)c1. The fraction of sp³-hybridized carbons (Fsp3) is 0.214. The topological polar surface area (TPSA) is 17.3 Å². The van der Waals surface area contributed by atoms with E-state index in [9.17, 15) is 0 Å². The lowest BCUT2D eigenvalue weighted by atomic mass is 10.3. The fourth-order valence-corrected chi connectivity index (χ4v) is 1.71. The Morgan fingerprint density at radius 2 is 2.00 bits per heavy atom. The summed E-state index contributed by atoms with van der Waals surface area (Å²) in [6.07, 6.45) is 5.96. The fourth-order valence-electron chi connectivity index (χ4n) is 1.53. The van der Waals surface area contributed by atoms with Gasteiger partial charge in [-0.15, -0.1) is 0 Å². The minimum atomic E-state index is 0.470. The molecule has 0 radical (unpaired) electrons. The highest BCUT2D eigenvalue weighted by molar-refractivity contribution is 6.33. The van der Waals surface area contributed by atoms with Crippen molar-refractivity contribution in [2.24, 2.45) is 4.99 Å². The maximum atomic E-state index is 6.03. The highest BCUT2D eigenvalue weighted by Crippen LogP contribution is 2.23. The standard InChI is InChI=1S/C14H15ClN2/c1-11(2)17-8-7-12(10-17)9-16-14-6-4-3-5-13(14)15/h3-11H,1-2H3. The Hall–Kier alpha value is -1.54. The number of nitrogens with zero attached hydrogens (tertiary/aromatic N) is 2. The van der Waals surface area contributed by atoms with Gasteiger partial charge in [0.2, 0.25) is 0 Å². The Morgan fingerprint density at radius 1 is 1.24 bits per heavy atom. The number of rotatable bonds is 3. The molecule has 17 heavy (non-hydrogen) atoms. The van der Waals surface area contributed by atoms with Gasteiger partial charge in [-0.25, -0.2) is 0 Å². The zero-order valence-corrected chi connectivity index (χ0v) is 10.7. The van der Waals surface area contributed by atoms with Crippen LogP contribution in [0.15, 0.2) is 47.7 Å². The zero-order chi connectivity index (χ0) is 12.3. The number of benzene rings is 1. The minimum absolute atomic E-state index is 0.470. The highest BCUT2D eigenvalue weighted by atomic mass is 35.5. The average molecular weight is 247 g/mol. The summed E-state index contributed by atoms with van der Waals surface area (Å²) in [5.74, 6) is 0. The molecule has 3 heteroatoms. The molecule has 0 amide bonds. The van der Waals surface area contributed by atoms with Crippen LogP contribution in [-0.2, 0) is 0 Å². The van der Waals surface area contributed by atoms with Gasteiger partial charge in [0, 0.05) is 30.2 Å². The van der Waals surface area contributed by atoms with Gasteiger partial charge in [-0.1, -0.05) is 23.7 Å². The smallest absolute Gasteiger partial charge is 0.0816 e. The lowest BCUT2D eigenvalue weighted by Gasteiger charge is -2.04. The van der Waals surface area contributed by atoms with Crippen LogP contribution in [0.4, 0.5) is 5.69 Å². The van der Waals surface area contributed by atoms with Gasteiger partial charge in [0.05, 0.1) is 10.7 Å². The molecular formula is C14H15ClN2. The van der Waals surface area contributed by atoms with Crippen molar-refractivity contribution in [1.29, 1.82) is 0 Å². The second-order valence-electron chi connectivity index (χ2n) is 4.20. The Morgan fingerprint density at radius 3 is 2.65 bits per heavy atom. The molecule has 0 fully saturated rings. The first-order valence-electron chi connectivity index (χ1n) is 5.63. The van der Waals surface area contributed by atoms with Crippen molar-refractivity contribution in [3.8, 4) is 0 Å². The van der Waals surface area contributed by atoms with Gasteiger partial charge in [0.15, 0.2) is 0 Å². The molecule has 2 aromatic rings. The van der Waals surface area contributed by atoms with E-state index in [1.54, 1.807) is 0 Å². The summed E-state index contributed by atoms with van der Waals surface area (Å²) < 4.78 is 2.15. The molecule has 1 heterocycles. The first kappa shape index (κ1) is 11.9. The summed E-state index contributed by atoms with van der Waals surface area (Å²) in [5, 5.41) is 0.673. The van der Waals surface area contributed by atoms with Gasteiger partial charge in [-0.05, 0) is 32.0 Å². The van der Waals surface area contributed by atoms with E-state index >= 15 is 0 Å². The van der Waals surface area contributed by atoms with Gasteiger partial charge in [-0.3, -0.25) is 4.99 Å². The Bertz CT molecular complexity index is 527. The molecule has 88 valence electrons. The van der Waals surface area contributed by atoms with Crippen molar-refractivity contribution in [2.45, 2.75) is 19.9 Å². The molecule has 0 aliphatic carbocycles. The molecule has 0 bridgehead atoms. The van der Waals surface area contributed by atoms with Crippen molar-refractivity contribution in [3.63, 3.8) is 0 Å². The molecule has 0 saturated heterocycles. The van der Waals surface area contributed by atoms with Gasteiger partial charge in [0.1, 0.15) is 0 Å².